The Morgan fingerprint density at radius 1 is 0.943 bits per heavy atom. The number of primary amides is 1. The summed E-state index contributed by atoms with van der Waals surface area (Å²) in [5, 5.41) is 1.71. The summed E-state index contributed by atoms with van der Waals surface area (Å²) in [7, 11) is -6.66. The second kappa shape index (κ2) is 10.6. The first-order chi connectivity index (χ1) is 16.3. The number of aryl methyl sites for hydroxylation is 1. The van der Waals surface area contributed by atoms with Crippen LogP contribution in [0.5, 0.6) is 0 Å². The van der Waals surface area contributed by atoms with Crippen LogP contribution in [-0.4, -0.2) is 33.2 Å². The molecule has 0 saturated heterocycles. The fourth-order valence-electron chi connectivity index (χ4n) is 3.58. The van der Waals surface area contributed by atoms with Gasteiger partial charge in [-0.05, 0) is 52.9 Å². The van der Waals surface area contributed by atoms with Crippen LogP contribution in [0.25, 0.3) is 10.8 Å². The number of hydrogen-bond acceptors (Lipinski definition) is 4. The van der Waals surface area contributed by atoms with E-state index in [1.165, 1.54) is 0 Å². The molecule has 3 aromatic carbocycles. The molecule has 0 unspecified atom stereocenters. The first kappa shape index (κ1) is 27.1. The number of rotatable bonds is 10. The maximum Gasteiger partial charge on any atom is 0.240 e. The lowest BCUT2D eigenvalue weighted by atomic mass is 10.1. The Balaban J connectivity index is 1.97. The van der Waals surface area contributed by atoms with Crippen LogP contribution in [0, 0.1) is 0 Å². The van der Waals surface area contributed by atoms with Crippen LogP contribution in [0.3, 0.4) is 0 Å². The largest absolute Gasteiger partial charge is 0.368 e. The van der Waals surface area contributed by atoms with Crippen molar-refractivity contribution in [2.75, 3.05) is 0 Å². The number of hydrogen-bond donors (Lipinski definition) is 1. The number of nitrogens with two attached hydrogens (primary N) is 1. The van der Waals surface area contributed by atoms with Gasteiger partial charge in [0.15, 0.2) is 0 Å². The molecule has 0 bridgehead atoms. The van der Waals surface area contributed by atoms with Crippen LogP contribution in [0.4, 0.5) is 0 Å². The molecule has 35 heavy (non-hydrogen) atoms. The maximum atomic E-state index is 13.8. The molecular formula is C27H36N2O4SSi. The van der Waals surface area contributed by atoms with Gasteiger partial charge in [-0.25, -0.2) is 8.42 Å². The van der Waals surface area contributed by atoms with Crippen molar-refractivity contribution < 1.29 is 17.7 Å². The smallest absolute Gasteiger partial charge is 0.240 e. The third-order valence-electron chi connectivity index (χ3n) is 6.69. The SMILES string of the molecule is CC(C)(C)[Si](C)(C)ON([C@H](CCc1ccccc1)C(N)=O)S(=O)(=O)Cc1ccc2ccccc2c1. The van der Waals surface area contributed by atoms with Gasteiger partial charge < -0.3 is 10.3 Å². The third kappa shape index (κ3) is 6.79. The van der Waals surface area contributed by atoms with Gasteiger partial charge in [-0.3, -0.25) is 4.79 Å². The lowest BCUT2D eigenvalue weighted by Gasteiger charge is -2.41. The van der Waals surface area contributed by atoms with Gasteiger partial charge in [0.05, 0.1) is 5.75 Å². The van der Waals surface area contributed by atoms with Gasteiger partial charge >= 0.3 is 0 Å². The lowest BCUT2D eigenvalue weighted by molar-refractivity contribution is -0.129. The van der Waals surface area contributed by atoms with Crippen molar-refractivity contribution in [3.63, 3.8) is 0 Å². The highest BCUT2D eigenvalue weighted by molar-refractivity contribution is 7.88. The molecule has 3 rings (SSSR count). The summed E-state index contributed by atoms with van der Waals surface area (Å²) in [5.41, 5.74) is 7.41. The van der Waals surface area contributed by atoms with Gasteiger partial charge in [0, 0.05) is 0 Å². The van der Waals surface area contributed by atoms with Crippen LogP contribution in [-0.2, 0) is 31.5 Å². The van der Waals surface area contributed by atoms with Crippen LogP contribution in [0.15, 0.2) is 72.8 Å². The highest BCUT2D eigenvalue weighted by Gasteiger charge is 2.45. The third-order valence-corrected chi connectivity index (χ3v) is 12.7. The monoisotopic (exact) mass is 512 g/mol. The maximum absolute atomic E-state index is 13.8. The van der Waals surface area contributed by atoms with Crippen LogP contribution < -0.4 is 5.73 Å². The lowest BCUT2D eigenvalue weighted by Crippen LogP contribution is -2.55. The van der Waals surface area contributed by atoms with Crippen molar-refractivity contribution >= 4 is 35.0 Å². The topological polar surface area (TPSA) is 89.7 Å². The zero-order valence-corrected chi connectivity index (χ0v) is 23.0. The summed E-state index contributed by atoms with van der Waals surface area (Å²) in [4.78, 5) is 12.6. The highest BCUT2D eigenvalue weighted by atomic mass is 32.2. The van der Waals surface area contributed by atoms with Crippen molar-refractivity contribution in [1.29, 1.82) is 0 Å². The minimum Gasteiger partial charge on any atom is -0.368 e. The number of hydroxylamine groups is 1. The molecule has 0 saturated carbocycles. The van der Waals surface area contributed by atoms with E-state index in [4.69, 9.17) is 10.3 Å². The van der Waals surface area contributed by atoms with Crippen molar-refractivity contribution in [3.8, 4) is 0 Å². The summed E-state index contributed by atoms with van der Waals surface area (Å²) in [6.45, 7) is 9.99. The molecule has 188 valence electrons. The van der Waals surface area contributed by atoms with Gasteiger partial charge in [-0.2, -0.15) is 0 Å². The van der Waals surface area contributed by atoms with Crippen LogP contribution in [0.2, 0.25) is 18.1 Å². The van der Waals surface area contributed by atoms with E-state index in [2.05, 4.69) is 0 Å². The van der Waals surface area contributed by atoms with Gasteiger partial charge in [0.2, 0.25) is 24.2 Å². The first-order valence-electron chi connectivity index (χ1n) is 11.8. The summed E-state index contributed by atoms with van der Waals surface area (Å²) < 4.78 is 34.9. The predicted octanol–water partition coefficient (Wildman–Crippen LogP) is 5.40. The Hall–Kier alpha value is -2.52. The average molecular weight is 513 g/mol. The molecule has 1 atom stereocenters. The predicted molar refractivity (Wildman–Crippen MR) is 144 cm³/mol. The van der Waals surface area contributed by atoms with Crippen LogP contribution >= 0.6 is 0 Å². The minimum absolute atomic E-state index is 0.227. The van der Waals surface area contributed by atoms with Crippen LogP contribution in [0.1, 0.15) is 38.3 Å². The van der Waals surface area contributed by atoms with Crippen molar-refractivity contribution in [3.05, 3.63) is 83.9 Å². The summed E-state index contributed by atoms with van der Waals surface area (Å²) in [6.07, 6.45) is 0.724. The molecule has 0 radical (unpaired) electrons. The average Bonchev–Trinajstić information content (AvgIpc) is 2.77. The molecule has 0 aliphatic heterocycles. The fourth-order valence-corrected chi connectivity index (χ4v) is 6.77. The molecule has 2 N–H and O–H groups in total. The van der Waals surface area contributed by atoms with E-state index in [-0.39, 0.29) is 17.2 Å². The highest BCUT2D eigenvalue weighted by Crippen LogP contribution is 2.38. The molecular weight excluding hydrogens is 476 g/mol. The van der Waals surface area contributed by atoms with Crippen molar-refractivity contribution in [1.82, 2.24) is 4.47 Å². The molecule has 0 aliphatic rings. The van der Waals surface area contributed by atoms with E-state index in [1.807, 2.05) is 101 Å². The van der Waals surface area contributed by atoms with E-state index in [1.54, 1.807) is 6.07 Å². The van der Waals surface area contributed by atoms with E-state index in [0.29, 0.717) is 12.0 Å². The number of carbonyl (C=O) groups excluding carboxylic acids is 1. The molecule has 3 aromatic rings. The summed E-state index contributed by atoms with van der Waals surface area (Å²) in [5.74, 6) is -1.01. The molecule has 8 heteroatoms. The molecule has 0 aromatic heterocycles. The number of amides is 1. The molecule has 6 nitrogen and oxygen atoms in total. The quantitative estimate of drug-likeness (QED) is 0.291. The summed E-state index contributed by atoms with van der Waals surface area (Å²) >= 11 is 0. The number of sulfonamides is 1. The van der Waals surface area contributed by atoms with E-state index < -0.39 is 30.3 Å². The van der Waals surface area contributed by atoms with Gasteiger partial charge in [-0.1, -0.05) is 98.0 Å². The van der Waals surface area contributed by atoms with E-state index in [9.17, 15) is 13.2 Å². The molecule has 0 heterocycles. The molecule has 0 spiro atoms. The molecule has 0 fully saturated rings. The van der Waals surface area contributed by atoms with Gasteiger partial charge in [0.1, 0.15) is 6.04 Å². The Kier molecular flexibility index (Phi) is 8.21. The second-order valence-electron chi connectivity index (χ2n) is 10.5. The first-order valence-corrected chi connectivity index (χ1v) is 16.3. The van der Waals surface area contributed by atoms with Crippen molar-refractivity contribution in [2.45, 2.75) is 63.5 Å². The van der Waals surface area contributed by atoms with Gasteiger partial charge in [-0.15, -0.1) is 0 Å². The second-order valence-corrected chi connectivity index (χ2v) is 17.0. The van der Waals surface area contributed by atoms with E-state index in [0.717, 1.165) is 20.8 Å². The standard InChI is InChI=1S/C27H36N2O4SSi/c1-27(2,3)35(4,5)33-29(25(26(28)30)18-16-21-11-7-6-8-12-21)34(31,32)20-22-15-17-23-13-9-10-14-24(23)19-22/h6-15,17,19,25H,16,18,20H2,1-5H3,(H2,28,30)/t25-/m1/s1. The molecule has 1 amide bonds. The van der Waals surface area contributed by atoms with E-state index >= 15 is 0 Å². The Bertz CT molecular complexity index is 1270. The normalized spacial score (nSPS) is 13.8. The molecule has 0 aliphatic carbocycles. The fraction of sp³-hybridized carbons (Fsp3) is 0.370. The zero-order valence-electron chi connectivity index (χ0n) is 21.2. The Morgan fingerprint density at radius 3 is 2.14 bits per heavy atom. The number of fused-ring (bicyclic) bond motifs is 1. The Morgan fingerprint density at radius 2 is 1.54 bits per heavy atom. The number of benzene rings is 3. The summed E-state index contributed by atoms with van der Waals surface area (Å²) in [6, 6.07) is 21.9. The van der Waals surface area contributed by atoms with Crippen molar-refractivity contribution in [2.24, 2.45) is 5.73 Å². The number of carbonyl (C=O) groups is 1. The zero-order chi connectivity index (χ0) is 25.9. The Labute approximate surface area is 210 Å². The minimum atomic E-state index is -4.04. The van der Waals surface area contributed by atoms with Gasteiger partial charge in [0.25, 0.3) is 0 Å². The number of nitrogens with zero attached hydrogens (tertiary/aromatic N) is 1.